The van der Waals surface area contributed by atoms with E-state index in [1.807, 2.05) is 0 Å². The number of guanidine groups is 1. The number of unbranched alkanes of at least 4 members (excludes halogenated alkanes) is 1. The third kappa shape index (κ3) is 3.70. The maximum Gasteiger partial charge on any atom is 0.208 e. The lowest BCUT2D eigenvalue weighted by molar-refractivity contribution is 0.485. The number of likely N-dealkylation sites (tertiary alicyclic amines) is 1. The van der Waals surface area contributed by atoms with Crippen LogP contribution in [-0.2, 0) is 0 Å². The van der Waals surface area contributed by atoms with Crippen LogP contribution < -0.4 is 11.3 Å². The van der Waals surface area contributed by atoms with Gasteiger partial charge in [0.15, 0.2) is 0 Å². The Bertz CT molecular complexity index is 402. The molecule has 1 aliphatic heterocycles. The van der Waals surface area contributed by atoms with Gasteiger partial charge in [-0.2, -0.15) is 0 Å². The van der Waals surface area contributed by atoms with Crippen molar-refractivity contribution in [1.82, 2.24) is 10.3 Å². The smallest absolute Gasteiger partial charge is 0.208 e. The Kier molecular flexibility index (Phi) is 5.21. The van der Waals surface area contributed by atoms with Crippen molar-refractivity contribution in [3.05, 3.63) is 35.9 Å². The van der Waals surface area contributed by atoms with E-state index in [4.69, 9.17) is 5.84 Å². The minimum Gasteiger partial charge on any atom is -0.341 e. The molecule has 4 heteroatoms. The summed E-state index contributed by atoms with van der Waals surface area (Å²) in [5.41, 5.74) is 4.16. The fourth-order valence-electron chi connectivity index (χ4n) is 2.53. The molecule has 2 rings (SSSR count). The van der Waals surface area contributed by atoms with Crippen LogP contribution in [0, 0.1) is 0 Å². The molecule has 1 atom stereocenters. The summed E-state index contributed by atoms with van der Waals surface area (Å²) >= 11 is 0. The van der Waals surface area contributed by atoms with E-state index in [0.717, 1.165) is 38.4 Å². The molecule has 1 aromatic rings. The number of nitrogens with one attached hydrogen (secondary N) is 1. The van der Waals surface area contributed by atoms with Crippen LogP contribution >= 0.6 is 0 Å². The van der Waals surface area contributed by atoms with Crippen molar-refractivity contribution in [2.75, 3.05) is 19.6 Å². The van der Waals surface area contributed by atoms with Crippen molar-refractivity contribution in [2.45, 2.75) is 32.1 Å². The SMILES string of the molecule is CCCCN=C(NN)N1CCC(c2ccccc2)C1. The molecule has 0 amide bonds. The van der Waals surface area contributed by atoms with Gasteiger partial charge in [0.25, 0.3) is 0 Å². The Morgan fingerprint density at radius 3 is 2.89 bits per heavy atom. The summed E-state index contributed by atoms with van der Waals surface area (Å²) in [6.45, 7) is 5.04. The van der Waals surface area contributed by atoms with Gasteiger partial charge in [-0.15, -0.1) is 0 Å². The molecule has 19 heavy (non-hydrogen) atoms. The third-order valence-electron chi connectivity index (χ3n) is 3.66. The van der Waals surface area contributed by atoms with Crippen molar-refractivity contribution in [2.24, 2.45) is 10.8 Å². The van der Waals surface area contributed by atoms with E-state index in [1.54, 1.807) is 0 Å². The molecule has 1 fully saturated rings. The monoisotopic (exact) mass is 260 g/mol. The van der Waals surface area contributed by atoms with Crippen molar-refractivity contribution in [3.8, 4) is 0 Å². The van der Waals surface area contributed by atoms with Crippen molar-refractivity contribution in [1.29, 1.82) is 0 Å². The van der Waals surface area contributed by atoms with E-state index in [9.17, 15) is 0 Å². The average Bonchev–Trinajstić information content (AvgIpc) is 2.94. The maximum absolute atomic E-state index is 5.60. The number of hydrazine groups is 1. The number of aliphatic imine (C=N–C) groups is 1. The summed E-state index contributed by atoms with van der Waals surface area (Å²) in [4.78, 5) is 6.81. The van der Waals surface area contributed by atoms with Crippen molar-refractivity contribution in [3.63, 3.8) is 0 Å². The summed E-state index contributed by atoms with van der Waals surface area (Å²) in [5.74, 6) is 7.03. The van der Waals surface area contributed by atoms with Crippen LogP contribution in [0.25, 0.3) is 0 Å². The minimum atomic E-state index is 0.589. The minimum absolute atomic E-state index is 0.589. The quantitative estimate of drug-likeness (QED) is 0.286. The van der Waals surface area contributed by atoms with Crippen LogP contribution in [0.5, 0.6) is 0 Å². The van der Waals surface area contributed by atoms with Gasteiger partial charge in [-0.3, -0.25) is 10.4 Å². The molecule has 104 valence electrons. The van der Waals surface area contributed by atoms with Gasteiger partial charge in [0, 0.05) is 25.6 Å². The third-order valence-corrected chi connectivity index (χ3v) is 3.66. The lowest BCUT2D eigenvalue weighted by atomic mass is 9.99. The van der Waals surface area contributed by atoms with Gasteiger partial charge in [0.2, 0.25) is 5.96 Å². The molecule has 1 aromatic carbocycles. The zero-order valence-corrected chi connectivity index (χ0v) is 11.7. The molecule has 1 unspecified atom stereocenters. The number of nitrogens with two attached hydrogens (primary N) is 1. The number of rotatable bonds is 4. The molecule has 1 heterocycles. The van der Waals surface area contributed by atoms with Crippen LogP contribution in [0.4, 0.5) is 0 Å². The first-order valence-corrected chi connectivity index (χ1v) is 7.16. The Balaban J connectivity index is 1.95. The predicted octanol–water partition coefficient (Wildman–Crippen LogP) is 2.10. The fraction of sp³-hybridized carbons (Fsp3) is 0.533. The fourth-order valence-corrected chi connectivity index (χ4v) is 2.53. The number of hydrogen-bond donors (Lipinski definition) is 2. The summed E-state index contributed by atoms with van der Waals surface area (Å²) < 4.78 is 0. The Labute approximate surface area is 115 Å². The molecule has 0 aromatic heterocycles. The second-order valence-electron chi connectivity index (χ2n) is 5.05. The van der Waals surface area contributed by atoms with E-state index in [0.29, 0.717) is 5.92 Å². The van der Waals surface area contributed by atoms with Gasteiger partial charge in [0.1, 0.15) is 0 Å². The predicted molar refractivity (Wildman–Crippen MR) is 79.9 cm³/mol. The number of benzene rings is 1. The van der Waals surface area contributed by atoms with Gasteiger partial charge in [-0.05, 0) is 18.4 Å². The molecular formula is C15H24N4. The Morgan fingerprint density at radius 2 is 2.21 bits per heavy atom. The van der Waals surface area contributed by atoms with Crippen LogP contribution in [0.15, 0.2) is 35.3 Å². The Hall–Kier alpha value is -1.55. The molecule has 0 aliphatic carbocycles. The van der Waals surface area contributed by atoms with Gasteiger partial charge >= 0.3 is 0 Å². The van der Waals surface area contributed by atoms with E-state index in [-0.39, 0.29) is 0 Å². The standard InChI is InChI=1S/C15H24N4/c1-2-3-10-17-15(18-16)19-11-9-14(12-19)13-7-5-4-6-8-13/h4-8,14H,2-3,9-12,16H2,1H3,(H,17,18). The van der Waals surface area contributed by atoms with Gasteiger partial charge in [-0.1, -0.05) is 43.7 Å². The van der Waals surface area contributed by atoms with Crippen molar-refractivity contribution >= 4 is 5.96 Å². The van der Waals surface area contributed by atoms with Crippen LogP contribution in [0.3, 0.4) is 0 Å². The highest BCUT2D eigenvalue weighted by atomic mass is 15.4. The van der Waals surface area contributed by atoms with Crippen LogP contribution in [-0.4, -0.2) is 30.5 Å². The van der Waals surface area contributed by atoms with Crippen LogP contribution in [0.2, 0.25) is 0 Å². The zero-order valence-electron chi connectivity index (χ0n) is 11.7. The van der Waals surface area contributed by atoms with Gasteiger partial charge in [0.05, 0.1) is 0 Å². The lowest BCUT2D eigenvalue weighted by Gasteiger charge is -2.20. The second-order valence-corrected chi connectivity index (χ2v) is 5.05. The number of nitrogens with zero attached hydrogens (tertiary/aromatic N) is 2. The highest BCUT2D eigenvalue weighted by molar-refractivity contribution is 5.79. The zero-order chi connectivity index (χ0) is 13.5. The number of hydrogen-bond acceptors (Lipinski definition) is 2. The molecule has 0 saturated carbocycles. The van der Waals surface area contributed by atoms with Gasteiger partial charge in [-0.25, -0.2) is 5.84 Å². The first-order valence-electron chi connectivity index (χ1n) is 7.16. The van der Waals surface area contributed by atoms with E-state index >= 15 is 0 Å². The summed E-state index contributed by atoms with van der Waals surface area (Å²) in [6, 6.07) is 10.7. The molecule has 0 spiro atoms. The van der Waals surface area contributed by atoms with Crippen LogP contribution in [0.1, 0.15) is 37.7 Å². The second kappa shape index (κ2) is 7.14. The lowest BCUT2D eigenvalue weighted by Crippen LogP contribution is -2.43. The topological polar surface area (TPSA) is 53.6 Å². The first kappa shape index (κ1) is 13.9. The van der Waals surface area contributed by atoms with E-state index in [2.05, 4.69) is 52.6 Å². The maximum atomic E-state index is 5.60. The Morgan fingerprint density at radius 1 is 1.42 bits per heavy atom. The highest BCUT2D eigenvalue weighted by Gasteiger charge is 2.25. The first-order chi connectivity index (χ1) is 9.35. The molecule has 0 bridgehead atoms. The molecule has 1 aliphatic rings. The average molecular weight is 260 g/mol. The molecule has 4 nitrogen and oxygen atoms in total. The summed E-state index contributed by atoms with van der Waals surface area (Å²) in [7, 11) is 0. The van der Waals surface area contributed by atoms with E-state index < -0.39 is 0 Å². The molecular weight excluding hydrogens is 236 g/mol. The highest BCUT2D eigenvalue weighted by Crippen LogP contribution is 2.26. The normalized spacial score (nSPS) is 19.8. The summed E-state index contributed by atoms with van der Waals surface area (Å²) in [5, 5.41) is 0. The molecule has 1 saturated heterocycles. The largest absolute Gasteiger partial charge is 0.341 e. The van der Waals surface area contributed by atoms with Crippen molar-refractivity contribution < 1.29 is 0 Å². The van der Waals surface area contributed by atoms with E-state index in [1.165, 1.54) is 12.0 Å². The summed E-state index contributed by atoms with van der Waals surface area (Å²) in [6.07, 6.45) is 3.44. The molecule has 3 N–H and O–H groups in total. The van der Waals surface area contributed by atoms with Gasteiger partial charge < -0.3 is 4.90 Å². The molecule has 0 radical (unpaired) electrons.